The molecule has 3 aromatic rings. The number of hydrogen-bond donors (Lipinski definition) is 2. The maximum Gasteiger partial charge on any atom is 0.0962 e. The van der Waals surface area contributed by atoms with E-state index in [1.807, 2.05) is 23.0 Å². The van der Waals surface area contributed by atoms with Crippen LogP contribution >= 0.6 is 11.6 Å². The van der Waals surface area contributed by atoms with Crippen LogP contribution in [0.1, 0.15) is 30.3 Å². The summed E-state index contributed by atoms with van der Waals surface area (Å²) in [6, 6.07) is 8.58. The van der Waals surface area contributed by atoms with Gasteiger partial charge in [0.05, 0.1) is 23.0 Å². The summed E-state index contributed by atoms with van der Waals surface area (Å²) >= 11 is 6.53. The molecule has 1 fully saturated rings. The lowest BCUT2D eigenvalue weighted by molar-refractivity contribution is 0.171. The fourth-order valence-electron chi connectivity index (χ4n) is 3.42. The van der Waals surface area contributed by atoms with Gasteiger partial charge in [0.25, 0.3) is 0 Å². The molecule has 3 heterocycles. The Hall–Kier alpha value is -1.89. The van der Waals surface area contributed by atoms with Crippen molar-refractivity contribution in [2.75, 3.05) is 13.1 Å². The van der Waals surface area contributed by atoms with Gasteiger partial charge in [0.1, 0.15) is 0 Å². The average Bonchev–Trinajstić information content (AvgIpc) is 3.22. The first-order chi connectivity index (χ1) is 11.7. The third-order valence-electron chi connectivity index (χ3n) is 4.79. The zero-order chi connectivity index (χ0) is 16.5. The predicted molar refractivity (Wildman–Crippen MR) is 94.8 cm³/mol. The van der Waals surface area contributed by atoms with Crippen LogP contribution in [-0.2, 0) is 13.1 Å². The number of nitrogens with one attached hydrogen (secondary N) is 1. The highest BCUT2D eigenvalue weighted by molar-refractivity contribution is 6.36. The normalized spacial score (nSPS) is 16.9. The lowest BCUT2D eigenvalue weighted by Crippen LogP contribution is -2.34. The Labute approximate surface area is 145 Å². The molecule has 0 radical (unpaired) electrons. The molecule has 1 saturated heterocycles. The van der Waals surface area contributed by atoms with Crippen molar-refractivity contribution in [1.82, 2.24) is 24.9 Å². The van der Waals surface area contributed by atoms with E-state index in [1.54, 1.807) is 0 Å². The van der Waals surface area contributed by atoms with Crippen molar-refractivity contribution in [3.63, 3.8) is 0 Å². The highest BCUT2D eigenvalue weighted by Gasteiger charge is 2.23. The largest absolute Gasteiger partial charge is 0.356 e. The van der Waals surface area contributed by atoms with Gasteiger partial charge in [0, 0.05) is 42.8 Å². The highest BCUT2D eigenvalue weighted by atomic mass is 35.5. The number of hydrogen-bond acceptors (Lipinski definition) is 4. The van der Waals surface area contributed by atoms with Crippen LogP contribution in [-0.4, -0.2) is 38.0 Å². The van der Waals surface area contributed by atoms with Gasteiger partial charge < -0.3 is 10.7 Å². The van der Waals surface area contributed by atoms with E-state index in [2.05, 4.69) is 32.3 Å². The minimum absolute atomic E-state index is 0.409. The number of aromatic amines is 1. The number of rotatable bonds is 4. The summed E-state index contributed by atoms with van der Waals surface area (Å²) in [6.07, 6.45) is 4.09. The number of para-hydroxylation sites is 1. The van der Waals surface area contributed by atoms with Gasteiger partial charge in [-0.25, -0.2) is 4.68 Å². The SMILES string of the molecule is NCc1cn(C2CCN(Cc3[nH]c4ccccc4c3Cl)CC2)nn1. The molecule has 24 heavy (non-hydrogen) atoms. The standard InChI is InChI=1S/C17H21ClN6/c18-17-14-3-1-2-4-15(14)20-16(17)11-23-7-5-13(6-8-23)24-10-12(9-19)21-22-24/h1-4,10,13,20H,5-9,11,19H2. The van der Waals surface area contributed by atoms with Gasteiger partial charge >= 0.3 is 0 Å². The van der Waals surface area contributed by atoms with Gasteiger partial charge in [-0.2, -0.15) is 0 Å². The molecule has 1 aromatic carbocycles. The molecule has 7 heteroatoms. The van der Waals surface area contributed by atoms with Crippen LogP contribution in [0.3, 0.4) is 0 Å². The van der Waals surface area contributed by atoms with Gasteiger partial charge in [-0.05, 0) is 18.9 Å². The molecule has 6 nitrogen and oxygen atoms in total. The number of fused-ring (bicyclic) bond motifs is 1. The summed E-state index contributed by atoms with van der Waals surface area (Å²) in [7, 11) is 0. The van der Waals surface area contributed by atoms with Crippen molar-refractivity contribution in [2.24, 2.45) is 5.73 Å². The molecule has 0 spiro atoms. The summed E-state index contributed by atoms with van der Waals surface area (Å²) < 4.78 is 1.97. The zero-order valence-corrected chi connectivity index (χ0v) is 14.2. The third-order valence-corrected chi connectivity index (χ3v) is 5.23. The number of likely N-dealkylation sites (tertiary alicyclic amines) is 1. The quantitative estimate of drug-likeness (QED) is 0.763. The smallest absolute Gasteiger partial charge is 0.0962 e. The van der Waals surface area contributed by atoms with E-state index in [1.165, 1.54) is 0 Å². The Morgan fingerprint density at radius 3 is 2.75 bits per heavy atom. The summed E-state index contributed by atoms with van der Waals surface area (Å²) in [4.78, 5) is 5.89. The van der Waals surface area contributed by atoms with Crippen molar-refractivity contribution in [1.29, 1.82) is 0 Å². The number of H-pyrrole nitrogens is 1. The van der Waals surface area contributed by atoms with E-state index in [-0.39, 0.29) is 0 Å². The monoisotopic (exact) mass is 344 g/mol. The molecule has 1 aliphatic rings. The fraction of sp³-hybridized carbons (Fsp3) is 0.412. The van der Waals surface area contributed by atoms with Gasteiger partial charge in [-0.3, -0.25) is 4.90 Å². The van der Waals surface area contributed by atoms with Crippen molar-refractivity contribution in [3.05, 3.63) is 46.9 Å². The Morgan fingerprint density at radius 2 is 2.04 bits per heavy atom. The van der Waals surface area contributed by atoms with E-state index in [0.29, 0.717) is 12.6 Å². The van der Waals surface area contributed by atoms with Crippen molar-refractivity contribution in [2.45, 2.75) is 32.0 Å². The Balaban J connectivity index is 1.41. The van der Waals surface area contributed by atoms with Crippen LogP contribution in [0.2, 0.25) is 5.02 Å². The second-order valence-corrected chi connectivity index (χ2v) is 6.74. The van der Waals surface area contributed by atoms with E-state index in [0.717, 1.165) is 59.8 Å². The minimum atomic E-state index is 0.409. The molecule has 0 atom stereocenters. The fourth-order valence-corrected chi connectivity index (χ4v) is 3.70. The lowest BCUT2D eigenvalue weighted by atomic mass is 10.1. The molecule has 0 amide bonds. The molecule has 0 bridgehead atoms. The molecule has 0 saturated carbocycles. The molecule has 3 N–H and O–H groups in total. The van der Waals surface area contributed by atoms with Crippen LogP contribution in [0.4, 0.5) is 0 Å². The number of benzene rings is 1. The van der Waals surface area contributed by atoms with Crippen molar-refractivity contribution in [3.8, 4) is 0 Å². The maximum atomic E-state index is 6.53. The molecule has 126 valence electrons. The zero-order valence-electron chi connectivity index (χ0n) is 13.5. The summed E-state index contributed by atoms with van der Waals surface area (Å²) in [5.74, 6) is 0. The molecular formula is C17H21ClN6. The Kier molecular flexibility index (Phi) is 4.26. The van der Waals surface area contributed by atoms with Gasteiger partial charge in [0.15, 0.2) is 0 Å². The van der Waals surface area contributed by atoms with Crippen molar-refractivity contribution < 1.29 is 0 Å². The summed E-state index contributed by atoms with van der Waals surface area (Å²) in [5.41, 5.74) is 8.66. The molecule has 0 aliphatic carbocycles. The number of nitrogens with two attached hydrogens (primary N) is 1. The molecule has 2 aromatic heterocycles. The van der Waals surface area contributed by atoms with E-state index < -0.39 is 0 Å². The van der Waals surface area contributed by atoms with Crippen LogP contribution < -0.4 is 5.73 Å². The van der Waals surface area contributed by atoms with E-state index in [4.69, 9.17) is 17.3 Å². The highest BCUT2D eigenvalue weighted by Crippen LogP contribution is 2.29. The average molecular weight is 345 g/mol. The van der Waals surface area contributed by atoms with Crippen LogP contribution in [0, 0.1) is 0 Å². The van der Waals surface area contributed by atoms with Crippen LogP contribution in [0.15, 0.2) is 30.5 Å². The first-order valence-corrected chi connectivity index (χ1v) is 8.70. The van der Waals surface area contributed by atoms with Crippen molar-refractivity contribution >= 4 is 22.5 Å². The molecular weight excluding hydrogens is 324 g/mol. The lowest BCUT2D eigenvalue weighted by Gasteiger charge is -2.31. The van der Waals surface area contributed by atoms with E-state index >= 15 is 0 Å². The maximum absolute atomic E-state index is 6.53. The minimum Gasteiger partial charge on any atom is -0.356 e. The topological polar surface area (TPSA) is 75.8 Å². The molecule has 1 aliphatic heterocycles. The summed E-state index contributed by atoms with van der Waals surface area (Å²) in [6.45, 7) is 3.34. The Morgan fingerprint density at radius 1 is 1.25 bits per heavy atom. The first-order valence-electron chi connectivity index (χ1n) is 8.33. The second-order valence-electron chi connectivity index (χ2n) is 6.36. The van der Waals surface area contributed by atoms with E-state index in [9.17, 15) is 0 Å². The second kappa shape index (κ2) is 6.55. The van der Waals surface area contributed by atoms with Gasteiger partial charge in [-0.1, -0.05) is 35.0 Å². The number of piperidine rings is 1. The summed E-state index contributed by atoms with van der Waals surface area (Å²) in [5, 5.41) is 10.2. The van der Waals surface area contributed by atoms with Gasteiger partial charge in [-0.15, -0.1) is 5.10 Å². The molecule has 4 rings (SSSR count). The van der Waals surface area contributed by atoms with Crippen LogP contribution in [0.25, 0.3) is 10.9 Å². The third kappa shape index (κ3) is 2.92. The first kappa shape index (κ1) is 15.6. The number of aromatic nitrogens is 4. The Bertz CT molecular complexity index is 831. The number of nitrogens with zero attached hydrogens (tertiary/aromatic N) is 4. The molecule has 0 unspecified atom stereocenters. The predicted octanol–water partition coefficient (Wildman–Crippen LogP) is 2.71. The van der Waals surface area contributed by atoms with Crippen LogP contribution in [0.5, 0.6) is 0 Å². The van der Waals surface area contributed by atoms with Gasteiger partial charge in [0.2, 0.25) is 0 Å². The number of halogens is 1.